The van der Waals surface area contributed by atoms with E-state index in [1.807, 2.05) is 43.3 Å². The number of ether oxygens (including phenoxy) is 2. The lowest BCUT2D eigenvalue weighted by atomic mass is 10.0. The van der Waals surface area contributed by atoms with Crippen LogP contribution in [0, 0.1) is 6.92 Å². The second-order valence-electron chi connectivity index (χ2n) is 9.20. The first kappa shape index (κ1) is 30.0. The molecule has 212 valence electrons. The molecule has 1 atom stereocenters. The number of hydrazone groups is 1. The van der Waals surface area contributed by atoms with Gasteiger partial charge in [-0.25, -0.2) is 18.6 Å². The highest BCUT2D eigenvalue weighted by molar-refractivity contribution is 9.10. The molecule has 0 aromatic heterocycles. The zero-order valence-corrected chi connectivity index (χ0v) is 25.0. The minimum Gasteiger partial charge on any atom is -0.493 e. The summed E-state index contributed by atoms with van der Waals surface area (Å²) >= 11 is 3.52. The molecule has 4 aromatic carbocycles. The Kier molecular flexibility index (Phi) is 10.3. The Labute approximate surface area is 248 Å². The molecule has 0 unspecified atom stereocenters. The van der Waals surface area contributed by atoms with Crippen LogP contribution in [0.1, 0.15) is 34.7 Å². The standard InChI is InChI=1S/C31H30BrN3O5S/c1-22-13-15-26(16-14-22)41(37,38)35-28(25-11-7-4-8-12-25)19-30(36)34-33-20-24-17-27(32)31(29(18-24)39-2)40-21-23-9-5-3-6-10-23/h3-18,20,28,35H,19,21H2,1-2H3,(H,34,36)/b33-20-/t28-/m1/s1. The number of benzene rings is 4. The van der Waals surface area contributed by atoms with Crippen LogP contribution in [0.25, 0.3) is 0 Å². The minimum atomic E-state index is -3.87. The van der Waals surface area contributed by atoms with Crippen molar-refractivity contribution in [1.82, 2.24) is 10.1 Å². The highest BCUT2D eigenvalue weighted by Gasteiger charge is 2.23. The molecule has 0 aliphatic carbocycles. The van der Waals surface area contributed by atoms with Crippen LogP contribution in [0.3, 0.4) is 0 Å². The molecule has 0 fully saturated rings. The van der Waals surface area contributed by atoms with Gasteiger partial charge in [0.05, 0.1) is 28.7 Å². The summed E-state index contributed by atoms with van der Waals surface area (Å²) in [7, 11) is -2.33. The quantitative estimate of drug-likeness (QED) is 0.149. The van der Waals surface area contributed by atoms with Crippen LogP contribution in [0.5, 0.6) is 11.5 Å². The van der Waals surface area contributed by atoms with Crippen LogP contribution < -0.4 is 19.6 Å². The highest BCUT2D eigenvalue weighted by Crippen LogP contribution is 2.37. The third-order valence-corrected chi connectivity index (χ3v) is 8.18. The van der Waals surface area contributed by atoms with Gasteiger partial charge < -0.3 is 9.47 Å². The number of nitrogens with zero attached hydrogens (tertiary/aromatic N) is 1. The number of sulfonamides is 1. The smallest absolute Gasteiger partial charge is 0.242 e. The lowest BCUT2D eigenvalue weighted by molar-refractivity contribution is -0.121. The first-order valence-corrected chi connectivity index (χ1v) is 15.0. The molecule has 41 heavy (non-hydrogen) atoms. The second kappa shape index (κ2) is 14.1. The van der Waals surface area contributed by atoms with Crippen molar-refractivity contribution >= 4 is 38.1 Å². The van der Waals surface area contributed by atoms with Gasteiger partial charge in [0.1, 0.15) is 6.61 Å². The van der Waals surface area contributed by atoms with E-state index in [0.29, 0.717) is 33.7 Å². The molecule has 4 rings (SSSR count). The maximum atomic E-state index is 13.1. The molecule has 10 heteroatoms. The van der Waals surface area contributed by atoms with Gasteiger partial charge in [-0.1, -0.05) is 78.4 Å². The van der Waals surface area contributed by atoms with Crippen molar-refractivity contribution < 1.29 is 22.7 Å². The summed E-state index contributed by atoms with van der Waals surface area (Å²) in [5.74, 6) is 0.581. The SMILES string of the molecule is COc1cc(/C=N\NC(=O)C[C@@H](NS(=O)(=O)c2ccc(C)cc2)c2ccccc2)cc(Br)c1OCc1ccccc1. The largest absolute Gasteiger partial charge is 0.493 e. The topological polar surface area (TPSA) is 106 Å². The number of nitrogens with one attached hydrogen (secondary N) is 2. The van der Waals surface area contributed by atoms with E-state index in [0.717, 1.165) is 11.1 Å². The van der Waals surface area contributed by atoms with Gasteiger partial charge in [0, 0.05) is 6.42 Å². The fourth-order valence-corrected chi connectivity index (χ4v) is 5.78. The van der Waals surface area contributed by atoms with Gasteiger partial charge in [-0.3, -0.25) is 4.79 Å². The van der Waals surface area contributed by atoms with Gasteiger partial charge in [0.15, 0.2) is 11.5 Å². The molecule has 1 amide bonds. The number of methoxy groups -OCH3 is 1. The van der Waals surface area contributed by atoms with Crippen LogP contribution in [-0.2, 0) is 21.4 Å². The van der Waals surface area contributed by atoms with Gasteiger partial charge in [0.25, 0.3) is 0 Å². The monoisotopic (exact) mass is 635 g/mol. The van der Waals surface area contributed by atoms with Crippen molar-refractivity contribution in [2.75, 3.05) is 7.11 Å². The van der Waals surface area contributed by atoms with Gasteiger partial charge in [0.2, 0.25) is 15.9 Å². The normalized spacial score (nSPS) is 12.2. The number of hydrogen-bond acceptors (Lipinski definition) is 6. The first-order valence-electron chi connectivity index (χ1n) is 12.8. The first-order chi connectivity index (χ1) is 19.7. The Morgan fingerprint density at radius 2 is 1.63 bits per heavy atom. The molecular weight excluding hydrogens is 606 g/mol. The fraction of sp³-hybridized carbons (Fsp3) is 0.161. The molecule has 0 radical (unpaired) electrons. The summed E-state index contributed by atoms with van der Waals surface area (Å²) in [6.45, 7) is 2.25. The van der Waals surface area contributed by atoms with Crippen LogP contribution >= 0.6 is 15.9 Å². The zero-order chi connectivity index (χ0) is 29.2. The van der Waals surface area contributed by atoms with Crippen molar-refractivity contribution in [3.05, 3.63) is 124 Å². The number of carbonyl (C=O) groups excluding carboxylic acids is 1. The lowest BCUT2D eigenvalue weighted by Gasteiger charge is -2.18. The maximum Gasteiger partial charge on any atom is 0.242 e. The van der Waals surface area contributed by atoms with E-state index in [9.17, 15) is 13.2 Å². The third-order valence-electron chi connectivity index (χ3n) is 6.10. The van der Waals surface area contributed by atoms with Crippen molar-refractivity contribution in [1.29, 1.82) is 0 Å². The van der Waals surface area contributed by atoms with E-state index in [4.69, 9.17) is 9.47 Å². The Balaban J connectivity index is 1.43. The van der Waals surface area contributed by atoms with Crippen molar-refractivity contribution in [3.8, 4) is 11.5 Å². The second-order valence-corrected chi connectivity index (χ2v) is 11.8. The van der Waals surface area contributed by atoms with E-state index in [1.165, 1.54) is 18.3 Å². The molecule has 8 nitrogen and oxygen atoms in total. The summed E-state index contributed by atoms with van der Waals surface area (Å²) in [6.07, 6.45) is 1.31. The zero-order valence-electron chi connectivity index (χ0n) is 22.6. The van der Waals surface area contributed by atoms with Crippen molar-refractivity contribution in [2.24, 2.45) is 5.10 Å². The number of amides is 1. The van der Waals surface area contributed by atoms with Crippen LogP contribution in [0.2, 0.25) is 0 Å². The van der Waals surface area contributed by atoms with Crippen LogP contribution in [0.4, 0.5) is 0 Å². The van der Waals surface area contributed by atoms with Gasteiger partial charge in [-0.2, -0.15) is 5.10 Å². The summed E-state index contributed by atoms with van der Waals surface area (Å²) < 4.78 is 40.9. The Bertz CT molecular complexity index is 1600. The van der Waals surface area contributed by atoms with Crippen LogP contribution in [0.15, 0.2) is 112 Å². The van der Waals surface area contributed by atoms with Gasteiger partial charge in [-0.05, 0) is 63.8 Å². The number of aryl methyl sites for hydroxylation is 1. The van der Waals surface area contributed by atoms with Crippen LogP contribution in [-0.4, -0.2) is 27.6 Å². The number of rotatable bonds is 12. The van der Waals surface area contributed by atoms with E-state index < -0.39 is 22.0 Å². The van der Waals surface area contributed by atoms with Crippen molar-refractivity contribution in [2.45, 2.75) is 30.9 Å². The molecule has 0 aliphatic rings. The Morgan fingerprint density at radius 1 is 0.976 bits per heavy atom. The molecule has 0 heterocycles. The van der Waals surface area contributed by atoms with E-state index >= 15 is 0 Å². The number of carbonyl (C=O) groups is 1. The molecule has 0 bridgehead atoms. The lowest BCUT2D eigenvalue weighted by Crippen LogP contribution is -2.32. The number of hydrogen-bond donors (Lipinski definition) is 2. The molecule has 4 aromatic rings. The van der Waals surface area contributed by atoms with E-state index in [1.54, 1.807) is 55.6 Å². The minimum absolute atomic E-state index is 0.123. The molecule has 0 saturated heterocycles. The Morgan fingerprint density at radius 3 is 2.29 bits per heavy atom. The average Bonchev–Trinajstić information content (AvgIpc) is 2.97. The predicted molar refractivity (Wildman–Crippen MR) is 163 cm³/mol. The predicted octanol–water partition coefficient (Wildman–Crippen LogP) is 5.91. The summed E-state index contributed by atoms with van der Waals surface area (Å²) in [4.78, 5) is 13.0. The summed E-state index contributed by atoms with van der Waals surface area (Å²) in [5.41, 5.74) is 5.76. The molecule has 0 aliphatic heterocycles. The fourth-order valence-electron chi connectivity index (χ4n) is 3.98. The molecule has 2 N–H and O–H groups in total. The third kappa shape index (κ3) is 8.50. The number of halogens is 1. The molecule has 0 spiro atoms. The molecule has 0 saturated carbocycles. The van der Waals surface area contributed by atoms with E-state index in [2.05, 4.69) is 31.2 Å². The summed E-state index contributed by atoms with van der Waals surface area (Å²) in [5, 5.41) is 4.07. The van der Waals surface area contributed by atoms with Gasteiger partial charge >= 0.3 is 0 Å². The maximum absolute atomic E-state index is 13.1. The van der Waals surface area contributed by atoms with E-state index in [-0.39, 0.29) is 11.3 Å². The summed E-state index contributed by atoms with van der Waals surface area (Å²) in [6, 6.07) is 28.0. The highest BCUT2D eigenvalue weighted by atomic mass is 79.9. The Hall–Kier alpha value is -3.99. The van der Waals surface area contributed by atoms with Gasteiger partial charge in [-0.15, -0.1) is 0 Å². The average molecular weight is 637 g/mol. The molecular formula is C31H30BrN3O5S. The van der Waals surface area contributed by atoms with Crippen molar-refractivity contribution in [3.63, 3.8) is 0 Å².